The number of carbonyl (C=O) groups excluding carboxylic acids is 1. The molecule has 2 fully saturated rings. The van der Waals surface area contributed by atoms with Crippen LogP contribution in [0.4, 0.5) is 0 Å². The maximum Gasteiger partial charge on any atom is 0.327 e. The summed E-state index contributed by atoms with van der Waals surface area (Å²) in [6.45, 7) is 5.54. The maximum absolute atomic E-state index is 11.0. The zero-order valence-electron chi connectivity index (χ0n) is 10.8. The fourth-order valence-corrected chi connectivity index (χ4v) is 2.44. The number of rotatable bonds is 5. The molecule has 1 heterocycles. The summed E-state index contributed by atoms with van der Waals surface area (Å²) in [5.74, 6) is -1.26. The van der Waals surface area contributed by atoms with Gasteiger partial charge in [0.1, 0.15) is 6.04 Å². The van der Waals surface area contributed by atoms with Crippen LogP contribution in [-0.4, -0.2) is 71.6 Å². The average Bonchev–Trinajstić information content (AvgIpc) is 3.12. The first-order valence-corrected chi connectivity index (χ1v) is 6.52. The number of carboxylic acids is 1. The molecule has 1 amide bonds. The molecule has 1 saturated carbocycles. The summed E-state index contributed by atoms with van der Waals surface area (Å²) in [4.78, 5) is 26.6. The highest BCUT2D eigenvalue weighted by Gasteiger charge is 2.32. The topological polar surface area (TPSA) is 72.9 Å². The highest BCUT2D eigenvalue weighted by Crippen LogP contribution is 2.27. The SMILES string of the molecule is CC(=O)NC(CN1CCN(C2CC2)CC1)C(=O)O. The number of hydrogen-bond acceptors (Lipinski definition) is 4. The quantitative estimate of drug-likeness (QED) is 0.683. The van der Waals surface area contributed by atoms with E-state index < -0.39 is 12.0 Å². The number of carbonyl (C=O) groups is 2. The van der Waals surface area contributed by atoms with E-state index in [0.29, 0.717) is 6.54 Å². The Morgan fingerprint density at radius 2 is 1.89 bits per heavy atom. The Bertz CT molecular complexity index is 323. The third-order valence-corrected chi connectivity index (χ3v) is 3.59. The summed E-state index contributed by atoms with van der Waals surface area (Å²) >= 11 is 0. The second-order valence-corrected chi connectivity index (χ2v) is 5.16. The van der Waals surface area contributed by atoms with Crippen molar-refractivity contribution < 1.29 is 14.7 Å². The number of amides is 1. The van der Waals surface area contributed by atoms with Gasteiger partial charge in [-0.3, -0.25) is 14.6 Å². The summed E-state index contributed by atoms with van der Waals surface area (Å²) in [5.41, 5.74) is 0. The van der Waals surface area contributed by atoms with Gasteiger partial charge in [-0.1, -0.05) is 0 Å². The Morgan fingerprint density at radius 3 is 2.33 bits per heavy atom. The van der Waals surface area contributed by atoms with Gasteiger partial charge in [0.15, 0.2) is 0 Å². The third-order valence-electron chi connectivity index (χ3n) is 3.59. The van der Waals surface area contributed by atoms with Gasteiger partial charge in [-0.15, -0.1) is 0 Å². The summed E-state index contributed by atoms with van der Waals surface area (Å²) in [6.07, 6.45) is 2.62. The molecule has 1 aliphatic heterocycles. The second-order valence-electron chi connectivity index (χ2n) is 5.16. The van der Waals surface area contributed by atoms with Gasteiger partial charge in [0.05, 0.1) is 0 Å². The monoisotopic (exact) mass is 255 g/mol. The van der Waals surface area contributed by atoms with Gasteiger partial charge in [-0.05, 0) is 12.8 Å². The first-order valence-electron chi connectivity index (χ1n) is 6.52. The van der Waals surface area contributed by atoms with Crippen LogP contribution in [0.15, 0.2) is 0 Å². The van der Waals surface area contributed by atoms with Crippen molar-refractivity contribution in [1.29, 1.82) is 0 Å². The number of carboxylic acid groups (broad SMARTS) is 1. The van der Waals surface area contributed by atoms with Crippen LogP contribution in [-0.2, 0) is 9.59 Å². The van der Waals surface area contributed by atoms with Crippen LogP contribution < -0.4 is 5.32 Å². The highest BCUT2D eigenvalue weighted by molar-refractivity contribution is 5.82. The fourth-order valence-electron chi connectivity index (χ4n) is 2.44. The van der Waals surface area contributed by atoms with Crippen LogP contribution in [0.5, 0.6) is 0 Å². The molecule has 1 saturated heterocycles. The highest BCUT2D eigenvalue weighted by atomic mass is 16.4. The van der Waals surface area contributed by atoms with Crippen molar-refractivity contribution in [3.05, 3.63) is 0 Å². The fraction of sp³-hybridized carbons (Fsp3) is 0.833. The van der Waals surface area contributed by atoms with Gasteiger partial charge < -0.3 is 10.4 Å². The van der Waals surface area contributed by atoms with Crippen LogP contribution in [0.3, 0.4) is 0 Å². The molecule has 6 heteroatoms. The third kappa shape index (κ3) is 3.68. The number of nitrogens with zero attached hydrogens (tertiary/aromatic N) is 2. The zero-order valence-corrected chi connectivity index (χ0v) is 10.8. The Labute approximate surface area is 107 Å². The molecule has 2 N–H and O–H groups in total. The maximum atomic E-state index is 11.0. The van der Waals surface area contributed by atoms with Gasteiger partial charge in [0, 0.05) is 45.7 Å². The Hall–Kier alpha value is -1.14. The Balaban J connectivity index is 1.77. The lowest BCUT2D eigenvalue weighted by atomic mass is 10.2. The first-order chi connectivity index (χ1) is 8.56. The van der Waals surface area contributed by atoms with Crippen LogP contribution in [0.2, 0.25) is 0 Å². The molecule has 2 rings (SSSR count). The normalized spacial score (nSPS) is 23.6. The molecule has 0 aromatic rings. The van der Waals surface area contributed by atoms with Crippen molar-refractivity contribution >= 4 is 11.9 Å². The van der Waals surface area contributed by atoms with Gasteiger partial charge in [0.2, 0.25) is 5.91 Å². The lowest BCUT2D eigenvalue weighted by Gasteiger charge is -2.35. The van der Waals surface area contributed by atoms with Gasteiger partial charge in [-0.2, -0.15) is 0 Å². The molecule has 1 aliphatic carbocycles. The van der Waals surface area contributed by atoms with Crippen molar-refractivity contribution in [3.8, 4) is 0 Å². The van der Waals surface area contributed by atoms with E-state index in [1.807, 2.05) is 0 Å². The molecule has 1 unspecified atom stereocenters. The Morgan fingerprint density at radius 1 is 1.28 bits per heavy atom. The molecule has 0 radical (unpaired) electrons. The second kappa shape index (κ2) is 5.67. The van der Waals surface area contributed by atoms with Crippen molar-refractivity contribution in [2.75, 3.05) is 32.7 Å². The van der Waals surface area contributed by atoms with Crippen molar-refractivity contribution in [1.82, 2.24) is 15.1 Å². The number of hydrogen-bond donors (Lipinski definition) is 2. The van der Waals surface area contributed by atoms with Crippen LogP contribution in [0.25, 0.3) is 0 Å². The van der Waals surface area contributed by atoms with Crippen LogP contribution >= 0.6 is 0 Å². The van der Waals surface area contributed by atoms with Crippen molar-refractivity contribution in [2.24, 2.45) is 0 Å². The summed E-state index contributed by atoms with van der Waals surface area (Å²) in [6, 6.07) is -0.0206. The van der Waals surface area contributed by atoms with E-state index in [1.54, 1.807) is 0 Å². The smallest absolute Gasteiger partial charge is 0.327 e. The molecule has 102 valence electrons. The summed E-state index contributed by atoms with van der Waals surface area (Å²) < 4.78 is 0. The molecule has 18 heavy (non-hydrogen) atoms. The predicted octanol–water partition coefficient (Wildman–Crippen LogP) is -0.644. The standard InChI is InChI=1S/C12H21N3O3/c1-9(16)13-11(12(17)18)8-14-4-6-15(7-5-14)10-2-3-10/h10-11H,2-8H2,1H3,(H,13,16)(H,17,18). The summed E-state index contributed by atoms with van der Waals surface area (Å²) in [7, 11) is 0. The summed E-state index contributed by atoms with van der Waals surface area (Å²) in [5, 5.41) is 11.5. The minimum Gasteiger partial charge on any atom is -0.480 e. The molecule has 0 aromatic carbocycles. The van der Waals surface area contributed by atoms with Crippen LogP contribution in [0, 0.1) is 0 Å². The lowest BCUT2D eigenvalue weighted by molar-refractivity contribution is -0.142. The largest absolute Gasteiger partial charge is 0.480 e. The van der Waals surface area contributed by atoms with Crippen LogP contribution in [0.1, 0.15) is 19.8 Å². The van der Waals surface area contributed by atoms with Gasteiger partial charge in [-0.25, -0.2) is 4.79 Å². The zero-order chi connectivity index (χ0) is 13.1. The molecule has 0 aromatic heterocycles. The Kier molecular flexibility index (Phi) is 4.19. The minimum absolute atomic E-state index is 0.293. The number of piperazine rings is 1. The predicted molar refractivity (Wildman–Crippen MR) is 66.3 cm³/mol. The van der Waals surface area contributed by atoms with E-state index in [9.17, 15) is 9.59 Å². The average molecular weight is 255 g/mol. The van der Waals surface area contributed by atoms with E-state index in [-0.39, 0.29) is 5.91 Å². The van der Waals surface area contributed by atoms with Crippen molar-refractivity contribution in [2.45, 2.75) is 31.8 Å². The number of aliphatic carboxylic acids is 1. The molecular weight excluding hydrogens is 234 g/mol. The van der Waals surface area contributed by atoms with E-state index in [2.05, 4.69) is 15.1 Å². The van der Waals surface area contributed by atoms with Gasteiger partial charge >= 0.3 is 5.97 Å². The first kappa shape index (κ1) is 13.3. The van der Waals surface area contributed by atoms with E-state index in [4.69, 9.17) is 5.11 Å². The minimum atomic E-state index is -0.963. The molecular formula is C12H21N3O3. The van der Waals surface area contributed by atoms with E-state index in [0.717, 1.165) is 32.2 Å². The molecule has 1 atom stereocenters. The van der Waals surface area contributed by atoms with E-state index >= 15 is 0 Å². The van der Waals surface area contributed by atoms with Crippen molar-refractivity contribution in [3.63, 3.8) is 0 Å². The molecule has 6 nitrogen and oxygen atoms in total. The van der Waals surface area contributed by atoms with Gasteiger partial charge in [0.25, 0.3) is 0 Å². The molecule has 2 aliphatic rings. The molecule has 0 spiro atoms. The van der Waals surface area contributed by atoms with E-state index in [1.165, 1.54) is 19.8 Å². The molecule has 0 bridgehead atoms. The lowest BCUT2D eigenvalue weighted by Crippen LogP contribution is -2.53. The number of nitrogens with one attached hydrogen (secondary N) is 1.